The third kappa shape index (κ3) is 9.28. The highest BCUT2D eigenvalue weighted by Crippen LogP contribution is 2.39. The molecule has 1 amide bonds. The lowest BCUT2D eigenvalue weighted by molar-refractivity contribution is 0.0679. The summed E-state index contributed by atoms with van der Waals surface area (Å²) >= 11 is 0. The van der Waals surface area contributed by atoms with Gasteiger partial charge in [-0.2, -0.15) is 13.1 Å². The molecular formula is C23H38N2O8S. The number of rotatable bonds is 16. The standard InChI is InChI=1S/C23H38N2O8S/c1-4-6-7-13-24-34(27,28)33-23(26)25(14-5-2)22-20(31-17-16-29-3)11-8-12-21(22)32-18-19-10-9-15-30-19/h8,11-12,19,24H,4-7,9-10,13-18H2,1-3H3. The first-order chi connectivity index (χ1) is 16.4. The van der Waals surface area contributed by atoms with Crippen LogP contribution in [0.4, 0.5) is 10.5 Å². The number of para-hydroxylation sites is 1. The molecule has 2 rings (SSSR count). The maximum absolute atomic E-state index is 13.1. The number of methoxy groups -OCH3 is 1. The van der Waals surface area contributed by atoms with Crippen molar-refractivity contribution >= 4 is 22.1 Å². The van der Waals surface area contributed by atoms with Gasteiger partial charge >= 0.3 is 16.4 Å². The van der Waals surface area contributed by atoms with Crippen LogP contribution in [0.3, 0.4) is 0 Å². The molecule has 1 aliphatic heterocycles. The number of ether oxygens (including phenoxy) is 4. The second-order valence-electron chi connectivity index (χ2n) is 7.95. The third-order valence-corrected chi connectivity index (χ3v) is 6.05. The Labute approximate surface area is 203 Å². The van der Waals surface area contributed by atoms with Crippen LogP contribution >= 0.6 is 0 Å². The van der Waals surface area contributed by atoms with Crippen LogP contribution in [0.15, 0.2) is 18.2 Å². The molecule has 1 aliphatic rings. The average Bonchev–Trinajstić information content (AvgIpc) is 3.33. The molecule has 0 spiro atoms. The number of nitrogens with one attached hydrogen (secondary N) is 1. The molecule has 0 radical (unpaired) electrons. The molecule has 1 atom stereocenters. The Morgan fingerprint density at radius 1 is 1.15 bits per heavy atom. The minimum Gasteiger partial charge on any atom is -0.489 e. The van der Waals surface area contributed by atoms with Gasteiger partial charge in [0, 0.05) is 26.8 Å². The lowest BCUT2D eigenvalue weighted by Crippen LogP contribution is -2.38. The van der Waals surface area contributed by atoms with Gasteiger partial charge in [0.25, 0.3) is 0 Å². The van der Waals surface area contributed by atoms with E-state index in [4.69, 9.17) is 23.1 Å². The van der Waals surface area contributed by atoms with E-state index in [1.165, 1.54) is 4.90 Å². The van der Waals surface area contributed by atoms with Crippen molar-refractivity contribution in [3.8, 4) is 11.5 Å². The van der Waals surface area contributed by atoms with E-state index in [0.717, 1.165) is 25.7 Å². The zero-order valence-corrected chi connectivity index (χ0v) is 21.2. The van der Waals surface area contributed by atoms with E-state index >= 15 is 0 Å². The first kappa shape index (κ1) is 28.2. The van der Waals surface area contributed by atoms with E-state index in [1.807, 2.05) is 13.8 Å². The Kier molecular flexibility index (Phi) is 12.4. The fraction of sp³-hybridized carbons (Fsp3) is 0.696. The van der Waals surface area contributed by atoms with Crippen LogP contribution < -0.4 is 19.1 Å². The molecule has 0 saturated carbocycles. The summed E-state index contributed by atoms with van der Waals surface area (Å²) in [6.45, 7) is 5.87. The molecule has 1 heterocycles. The van der Waals surface area contributed by atoms with Crippen LogP contribution in [0.1, 0.15) is 52.4 Å². The van der Waals surface area contributed by atoms with E-state index in [2.05, 4.69) is 4.72 Å². The number of benzene rings is 1. The second-order valence-corrected chi connectivity index (χ2v) is 9.31. The molecule has 1 aromatic carbocycles. The van der Waals surface area contributed by atoms with Gasteiger partial charge in [-0.3, -0.25) is 4.90 Å². The average molecular weight is 503 g/mol. The van der Waals surface area contributed by atoms with E-state index < -0.39 is 16.4 Å². The predicted molar refractivity (Wildman–Crippen MR) is 129 cm³/mol. The maximum Gasteiger partial charge on any atom is 0.431 e. The van der Waals surface area contributed by atoms with E-state index in [0.29, 0.717) is 49.8 Å². The summed E-state index contributed by atoms with van der Waals surface area (Å²) in [6, 6.07) is 5.15. The van der Waals surface area contributed by atoms with Crippen LogP contribution in [0.25, 0.3) is 0 Å². The zero-order chi connectivity index (χ0) is 24.8. The minimum absolute atomic E-state index is 0.0369. The molecule has 1 saturated heterocycles. The lowest BCUT2D eigenvalue weighted by Gasteiger charge is -2.26. The zero-order valence-electron chi connectivity index (χ0n) is 20.4. The monoisotopic (exact) mass is 502 g/mol. The van der Waals surface area contributed by atoms with Crippen molar-refractivity contribution in [2.75, 3.05) is 51.5 Å². The molecule has 1 fully saturated rings. The van der Waals surface area contributed by atoms with Crippen LogP contribution in [0.5, 0.6) is 11.5 Å². The largest absolute Gasteiger partial charge is 0.489 e. The van der Waals surface area contributed by atoms with Crippen molar-refractivity contribution in [2.24, 2.45) is 0 Å². The molecule has 0 bridgehead atoms. The SMILES string of the molecule is CCCCCNS(=O)(=O)OC(=O)N(CCC)c1c(OCCOC)cccc1OCC1CCCO1. The molecule has 1 unspecified atom stereocenters. The van der Waals surface area contributed by atoms with Crippen molar-refractivity contribution in [3.05, 3.63) is 18.2 Å². The Morgan fingerprint density at radius 3 is 2.56 bits per heavy atom. The van der Waals surface area contributed by atoms with Crippen molar-refractivity contribution in [1.82, 2.24) is 4.72 Å². The highest BCUT2D eigenvalue weighted by molar-refractivity contribution is 7.85. The summed E-state index contributed by atoms with van der Waals surface area (Å²) in [6.07, 6.45) is 3.82. The van der Waals surface area contributed by atoms with Gasteiger partial charge in [0.1, 0.15) is 30.4 Å². The Balaban J connectivity index is 2.26. The summed E-state index contributed by atoms with van der Waals surface area (Å²) in [4.78, 5) is 14.3. The Bertz CT molecular complexity index is 843. The molecule has 11 heteroatoms. The number of unbranched alkanes of at least 4 members (excludes halogenated alkanes) is 2. The molecule has 0 aromatic heterocycles. The van der Waals surface area contributed by atoms with Crippen molar-refractivity contribution in [3.63, 3.8) is 0 Å². The number of anilines is 1. The number of carbonyl (C=O) groups is 1. The van der Waals surface area contributed by atoms with E-state index in [1.54, 1.807) is 25.3 Å². The highest BCUT2D eigenvalue weighted by Gasteiger charge is 2.29. The molecule has 1 N–H and O–H groups in total. The number of amides is 1. The highest BCUT2D eigenvalue weighted by atomic mass is 32.2. The van der Waals surface area contributed by atoms with Gasteiger partial charge in [0.15, 0.2) is 0 Å². The molecule has 34 heavy (non-hydrogen) atoms. The second kappa shape index (κ2) is 15.0. The normalized spacial score (nSPS) is 15.8. The van der Waals surface area contributed by atoms with Gasteiger partial charge in [-0.05, 0) is 37.8 Å². The van der Waals surface area contributed by atoms with Gasteiger partial charge in [-0.1, -0.05) is 32.8 Å². The topological polar surface area (TPSA) is 113 Å². The smallest absolute Gasteiger partial charge is 0.431 e. The van der Waals surface area contributed by atoms with Crippen molar-refractivity contribution < 1.29 is 36.3 Å². The van der Waals surface area contributed by atoms with Crippen LogP contribution in [-0.2, 0) is 24.0 Å². The molecule has 10 nitrogen and oxygen atoms in total. The summed E-state index contributed by atoms with van der Waals surface area (Å²) < 4.78 is 54.4. The van der Waals surface area contributed by atoms with Gasteiger partial charge in [0.05, 0.1) is 12.7 Å². The Morgan fingerprint density at radius 2 is 1.91 bits per heavy atom. The third-order valence-electron chi connectivity index (χ3n) is 5.13. The summed E-state index contributed by atoms with van der Waals surface area (Å²) in [7, 11) is -2.71. The molecule has 194 valence electrons. The summed E-state index contributed by atoms with van der Waals surface area (Å²) in [5, 5.41) is 0. The quantitative estimate of drug-likeness (QED) is 0.341. The van der Waals surface area contributed by atoms with Crippen molar-refractivity contribution in [2.45, 2.75) is 58.5 Å². The fourth-order valence-corrected chi connectivity index (χ4v) is 4.18. The van der Waals surface area contributed by atoms with Crippen LogP contribution in [0.2, 0.25) is 0 Å². The summed E-state index contributed by atoms with van der Waals surface area (Å²) in [5.41, 5.74) is 0.310. The summed E-state index contributed by atoms with van der Waals surface area (Å²) in [5.74, 6) is 0.740. The predicted octanol–water partition coefficient (Wildman–Crippen LogP) is 3.65. The maximum atomic E-state index is 13.1. The van der Waals surface area contributed by atoms with Gasteiger partial charge < -0.3 is 23.1 Å². The van der Waals surface area contributed by atoms with E-state index in [9.17, 15) is 13.2 Å². The Hall–Kier alpha value is -2.08. The molecular weight excluding hydrogens is 464 g/mol. The van der Waals surface area contributed by atoms with Gasteiger partial charge in [-0.15, -0.1) is 0 Å². The van der Waals surface area contributed by atoms with Crippen LogP contribution in [0, 0.1) is 0 Å². The number of carbonyl (C=O) groups excluding carboxylic acids is 1. The molecule has 0 aliphatic carbocycles. The van der Waals surface area contributed by atoms with E-state index in [-0.39, 0.29) is 25.8 Å². The minimum atomic E-state index is -4.27. The number of hydrogen-bond donors (Lipinski definition) is 1. The number of hydrogen-bond acceptors (Lipinski definition) is 8. The first-order valence-corrected chi connectivity index (χ1v) is 13.3. The molecule has 1 aromatic rings. The fourth-order valence-electron chi connectivity index (χ4n) is 3.45. The van der Waals surface area contributed by atoms with Crippen LogP contribution in [-0.4, -0.2) is 67.2 Å². The van der Waals surface area contributed by atoms with Gasteiger partial charge in [-0.25, -0.2) is 4.79 Å². The van der Waals surface area contributed by atoms with Gasteiger partial charge in [0.2, 0.25) is 0 Å². The number of nitrogens with zero attached hydrogens (tertiary/aromatic N) is 1. The first-order valence-electron chi connectivity index (χ1n) is 11.9. The van der Waals surface area contributed by atoms with Crippen molar-refractivity contribution in [1.29, 1.82) is 0 Å². The lowest BCUT2D eigenvalue weighted by atomic mass is 10.2.